The third kappa shape index (κ3) is 4.13. The zero-order chi connectivity index (χ0) is 14.6. The van der Waals surface area contributed by atoms with Gasteiger partial charge in [0.2, 0.25) is 0 Å². The van der Waals surface area contributed by atoms with E-state index in [0.717, 1.165) is 11.8 Å². The SMILES string of the molecule is CC(Cc1ccco1)NCc1cccc(C(F)(F)F)c1. The molecule has 0 radical (unpaired) electrons. The Morgan fingerprint density at radius 1 is 1.20 bits per heavy atom. The van der Waals surface area contributed by atoms with Crippen LogP contribution in [-0.4, -0.2) is 6.04 Å². The van der Waals surface area contributed by atoms with Gasteiger partial charge in [0, 0.05) is 19.0 Å². The Morgan fingerprint density at radius 2 is 2.00 bits per heavy atom. The van der Waals surface area contributed by atoms with Crippen LogP contribution in [0.2, 0.25) is 0 Å². The second kappa shape index (κ2) is 6.13. The van der Waals surface area contributed by atoms with Crippen molar-refractivity contribution in [2.75, 3.05) is 0 Å². The number of alkyl halides is 3. The van der Waals surface area contributed by atoms with Crippen molar-refractivity contribution in [1.29, 1.82) is 0 Å². The minimum atomic E-state index is -4.30. The molecule has 0 aliphatic rings. The molecule has 0 saturated carbocycles. The van der Waals surface area contributed by atoms with Gasteiger partial charge in [0.1, 0.15) is 5.76 Å². The molecule has 2 aromatic rings. The number of hydrogen-bond donors (Lipinski definition) is 1. The number of nitrogens with one attached hydrogen (secondary N) is 1. The van der Waals surface area contributed by atoms with E-state index in [0.29, 0.717) is 18.5 Å². The zero-order valence-corrected chi connectivity index (χ0v) is 11.1. The lowest BCUT2D eigenvalue weighted by Gasteiger charge is -2.13. The maximum absolute atomic E-state index is 12.6. The van der Waals surface area contributed by atoms with Gasteiger partial charge in [0.15, 0.2) is 0 Å². The minimum Gasteiger partial charge on any atom is -0.469 e. The van der Waals surface area contributed by atoms with Crippen molar-refractivity contribution >= 4 is 0 Å². The highest BCUT2D eigenvalue weighted by Crippen LogP contribution is 2.29. The molecule has 1 atom stereocenters. The van der Waals surface area contributed by atoms with E-state index < -0.39 is 11.7 Å². The van der Waals surface area contributed by atoms with E-state index in [-0.39, 0.29) is 6.04 Å². The number of benzene rings is 1. The van der Waals surface area contributed by atoms with Crippen LogP contribution in [0.4, 0.5) is 13.2 Å². The van der Waals surface area contributed by atoms with Crippen molar-refractivity contribution in [1.82, 2.24) is 5.32 Å². The van der Waals surface area contributed by atoms with Gasteiger partial charge in [-0.2, -0.15) is 13.2 Å². The van der Waals surface area contributed by atoms with Crippen LogP contribution in [0, 0.1) is 0 Å². The third-order valence-electron chi connectivity index (χ3n) is 3.00. The molecule has 0 saturated heterocycles. The van der Waals surface area contributed by atoms with E-state index in [1.807, 2.05) is 19.1 Å². The summed E-state index contributed by atoms with van der Waals surface area (Å²) in [5.74, 6) is 0.856. The molecule has 0 spiro atoms. The van der Waals surface area contributed by atoms with E-state index in [2.05, 4.69) is 5.32 Å². The molecule has 1 aromatic heterocycles. The Hall–Kier alpha value is -1.75. The smallest absolute Gasteiger partial charge is 0.416 e. The Bertz CT molecular complexity index is 534. The highest BCUT2D eigenvalue weighted by atomic mass is 19.4. The molecular formula is C15H16F3NO. The molecule has 5 heteroatoms. The molecule has 1 heterocycles. The average Bonchev–Trinajstić information content (AvgIpc) is 2.88. The molecule has 0 bridgehead atoms. The number of rotatable bonds is 5. The first-order valence-electron chi connectivity index (χ1n) is 6.37. The van der Waals surface area contributed by atoms with Gasteiger partial charge in [0.05, 0.1) is 11.8 Å². The molecule has 0 fully saturated rings. The van der Waals surface area contributed by atoms with Crippen LogP contribution in [0.3, 0.4) is 0 Å². The summed E-state index contributed by atoms with van der Waals surface area (Å²) in [6, 6.07) is 9.18. The monoisotopic (exact) mass is 283 g/mol. The molecule has 0 aliphatic carbocycles. The molecule has 0 aliphatic heterocycles. The van der Waals surface area contributed by atoms with Crippen LogP contribution in [0.15, 0.2) is 47.1 Å². The van der Waals surface area contributed by atoms with Gasteiger partial charge in [-0.15, -0.1) is 0 Å². The molecule has 108 valence electrons. The first-order chi connectivity index (χ1) is 9.45. The van der Waals surface area contributed by atoms with Crippen molar-refractivity contribution in [3.8, 4) is 0 Å². The van der Waals surface area contributed by atoms with Gasteiger partial charge < -0.3 is 9.73 Å². The van der Waals surface area contributed by atoms with Gasteiger partial charge >= 0.3 is 6.18 Å². The van der Waals surface area contributed by atoms with Gasteiger partial charge in [-0.1, -0.05) is 18.2 Å². The van der Waals surface area contributed by atoms with Gasteiger partial charge in [-0.3, -0.25) is 0 Å². The maximum Gasteiger partial charge on any atom is 0.416 e. The first-order valence-corrected chi connectivity index (χ1v) is 6.37. The molecule has 2 rings (SSSR count). The van der Waals surface area contributed by atoms with E-state index in [1.165, 1.54) is 12.1 Å². The molecule has 1 N–H and O–H groups in total. The second-order valence-corrected chi connectivity index (χ2v) is 4.76. The second-order valence-electron chi connectivity index (χ2n) is 4.76. The van der Waals surface area contributed by atoms with Gasteiger partial charge in [0.25, 0.3) is 0 Å². The van der Waals surface area contributed by atoms with Crippen molar-refractivity contribution in [3.63, 3.8) is 0 Å². The Balaban J connectivity index is 1.90. The summed E-state index contributed by atoms with van der Waals surface area (Å²) < 4.78 is 43.0. The standard InChI is InChI=1S/C15H16F3NO/c1-11(8-14-6-3-7-20-14)19-10-12-4-2-5-13(9-12)15(16,17)18/h2-7,9,11,19H,8,10H2,1H3. The predicted molar refractivity (Wildman–Crippen MR) is 70.2 cm³/mol. The molecular weight excluding hydrogens is 267 g/mol. The summed E-state index contributed by atoms with van der Waals surface area (Å²) in [5, 5.41) is 3.19. The quantitative estimate of drug-likeness (QED) is 0.896. The fraction of sp³-hybridized carbons (Fsp3) is 0.333. The van der Waals surface area contributed by atoms with Crippen LogP contribution in [0.1, 0.15) is 23.8 Å². The van der Waals surface area contributed by atoms with Crippen LogP contribution in [0.25, 0.3) is 0 Å². The van der Waals surface area contributed by atoms with Crippen LogP contribution in [0.5, 0.6) is 0 Å². The third-order valence-corrected chi connectivity index (χ3v) is 3.00. The number of furan rings is 1. The van der Waals surface area contributed by atoms with Crippen molar-refractivity contribution in [3.05, 3.63) is 59.5 Å². The van der Waals surface area contributed by atoms with E-state index in [4.69, 9.17) is 4.42 Å². The average molecular weight is 283 g/mol. The maximum atomic E-state index is 12.6. The Labute approximate surface area is 115 Å². The minimum absolute atomic E-state index is 0.121. The normalized spacial score (nSPS) is 13.4. The van der Waals surface area contributed by atoms with Gasteiger partial charge in [-0.05, 0) is 30.7 Å². The summed E-state index contributed by atoms with van der Waals surface area (Å²) in [6.07, 6.45) is -1.99. The highest BCUT2D eigenvalue weighted by molar-refractivity contribution is 5.25. The first kappa shape index (κ1) is 14.7. The summed E-state index contributed by atoms with van der Waals surface area (Å²) in [6.45, 7) is 2.36. The lowest BCUT2D eigenvalue weighted by atomic mass is 10.1. The van der Waals surface area contributed by atoms with Crippen LogP contribution in [-0.2, 0) is 19.1 Å². The van der Waals surface area contributed by atoms with Crippen molar-refractivity contribution in [2.45, 2.75) is 32.1 Å². The van der Waals surface area contributed by atoms with Crippen LogP contribution < -0.4 is 5.32 Å². The molecule has 1 aromatic carbocycles. The summed E-state index contributed by atoms with van der Waals surface area (Å²) in [5.41, 5.74) is 0.00149. The lowest BCUT2D eigenvalue weighted by Crippen LogP contribution is -2.27. The molecule has 1 unspecified atom stereocenters. The van der Waals surface area contributed by atoms with Crippen molar-refractivity contribution in [2.24, 2.45) is 0 Å². The van der Waals surface area contributed by atoms with E-state index in [9.17, 15) is 13.2 Å². The van der Waals surface area contributed by atoms with Gasteiger partial charge in [-0.25, -0.2) is 0 Å². The lowest BCUT2D eigenvalue weighted by molar-refractivity contribution is -0.137. The number of halogens is 3. The highest BCUT2D eigenvalue weighted by Gasteiger charge is 2.30. The zero-order valence-electron chi connectivity index (χ0n) is 11.1. The van der Waals surface area contributed by atoms with E-state index in [1.54, 1.807) is 12.3 Å². The van der Waals surface area contributed by atoms with Crippen LogP contribution >= 0.6 is 0 Å². The summed E-state index contributed by atoms with van der Waals surface area (Å²) in [4.78, 5) is 0. The fourth-order valence-electron chi connectivity index (χ4n) is 1.95. The van der Waals surface area contributed by atoms with Crippen molar-refractivity contribution < 1.29 is 17.6 Å². The topological polar surface area (TPSA) is 25.2 Å². The summed E-state index contributed by atoms with van der Waals surface area (Å²) in [7, 11) is 0. The fourth-order valence-corrected chi connectivity index (χ4v) is 1.95. The Morgan fingerprint density at radius 3 is 2.65 bits per heavy atom. The summed E-state index contributed by atoms with van der Waals surface area (Å²) >= 11 is 0. The Kier molecular flexibility index (Phi) is 4.49. The molecule has 2 nitrogen and oxygen atoms in total. The predicted octanol–water partition coefficient (Wildman–Crippen LogP) is 4.02. The number of hydrogen-bond acceptors (Lipinski definition) is 2. The van der Waals surface area contributed by atoms with E-state index >= 15 is 0 Å². The molecule has 0 amide bonds. The largest absolute Gasteiger partial charge is 0.469 e. The molecule has 20 heavy (non-hydrogen) atoms.